The Bertz CT molecular complexity index is 593. The predicted octanol–water partition coefficient (Wildman–Crippen LogP) is -1.77. The maximum Gasteiger partial charge on any atom is 0.324 e. The quantitative estimate of drug-likeness (QED) is 0.119. The van der Waals surface area contributed by atoms with Crippen LogP contribution in [0, 0.1) is 5.92 Å². The number of Topliss-reactive ketones (excluding diaryl/α,β-unsaturated/α-hetero) is 1. The van der Waals surface area contributed by atoms with E-state index in [1.54, 1.807) is 26.0 Å². The molecule has 0 aromatic carbocycles. The number of rotatable bonds is 13. The molecule has 0 aliphatic heterocycles. The van der Waals surface area contributed by atoms with Gasteiger partial charge in [-0.1, -0.05) is 0 Å². The van der Waals surface area contributed by atoms with Crippen LogP contribution in [0.4, 0.5) is 0 Å². The number of hydrogen-bond donors (Lipinski definition) is 4. The number of amides is 2. The monoisotopic (exact) mass is 414 g/mol. The van der Waals surface area contributed by atoms with E-state index in [1.807, 2.05) is 0 Å². The van der Waals surface area contributed by atoms with Crippen molar-refractivity contribution in [3.05, 3.63) is 0 Å². The van der Waals surface area contributed by atoms with Crippen LogP contribution in [0.3, 0.4) is 0 Å². The van der Waals surface area contributed by atoms with E-state index in [0.717, 1.165) is 0 Å². The number of carbonyl (C=O) groups excluding carboxylic acids is 4. The van der Waals surface area contributed by atoms with Gasteiger partial charge in [-0.25, -0.2) is 0 Å². The Labute approximate surface area is 171 Å². The van der Waals surface area contributed by atoms with Crippen LogP contribution < -0.4 is 21.7 Å². The summed E-state index contributed by atoms with van der Waals surface area (Å²) in [5, 5.41) is 8.05. The molecule has 2 amide bonds. The van der Waals surface area contributed by atoms with Crippen molar-refractivity contribution in [1.29, 1.82) is 0 Å². The lowest BCUT2D eigenvalue weighted by Gasteiger charge is -2.23. The van der Waals surface area contributed by atoms with E-state index >= 15 is 0 Å². The van der Waals surface area contributed by atoms with Crippen molar-refractivity contribution in [3.8, 4) is 0 Å². The zero-order valence-electron chi connectivity index (χ0n) is 17.9. The number of likely N-dealkylation sites (N-methyl/N-ethyl adjacent to an activating group) is 1. The lowest BCUT2D eigenvalue weighted by atomic mass is 9.95. The molecular formula is C18H34N6O5. The van der Waals surface area contributed by atoms with Crippen LogP contribution in [0.5, 0.6) is 0 Å². The first kappa shape index (κ1) is 26.3. The number of nitrogens with one attached hydrogen (secondary N) is 3. The molecule has 0 saturated heterocycles. The Morgan fingerprint density at radius 3 is 2.31 bits per heavy atom. The fourth-order valence-corrected chi connectivity index (χ4v) is 2.49. The number of carbonyl (C=O) groups is 4. The van der Waals surface area contributed by atoms with Crippen molar-refractivity contribution in [1.82, 2.24) is 20.9 Å². The molecule has 0 aromatic rings. The van der Waals surface area contributed by atoms with E-state index in [-0.39, 0.29) is 37.1 Å². The Morgan fingerprint density at radius 2 is 1.79 bits per heavy atom. The van der Waals surface area contributed by atoms with Gasteiger partial charge in [-0.2, -0.15) is 0 Å². The van der Waals surface area contributed by atoms with Crippen molar-refractivity contribution in [2.45, 2.75) is 32.2 Å². The summed E-state index contributed by atoms with van der Waals surface area (Å²) in [5.41, 5.74) is 5.57. The molecule has 0 aliphatic carbocycles. The molecule has 5 N–H and O–H groups in total. The first-order chi connectivity index (χ1) is 13.6. The van der Waals surface area contributed by atoms with E-state index in [2.05, 4.69) is 20.9 Å². The molecule has 0 fully saturated rings. The molecule has 0 radical (unpaired) electrons. The highest BCUT2D eigenvalue weighted by Crippen LogP contribution is 2.12. The second-order valence-electron chi connectivity index (χ2n) is 6.78. The Hall–Kier alpha value is -2.69. The molecule has 0 unspecified atom stereocenters. The first-order valence-corrected chi connectivity index (χ1v) is 9.36. The van der Waals surface area contributed by atoms with E-state index in [4.69, 9.17) is 10.5 Å². The van der Waals surface area contributed by atoms with Gasteiger partial charge in [-0.05, 0) is 26.9 Å². The standard InChI is InChI=1S/C18H34N6O5/c1-12(25)22-10-14(26)9-13(7-6-8-21-18(19)20-2)16(27)23-11-15(24(3)4)17(28)29-5/h13,15H,6-11H2,1-5H3,(H,22,25)(H,23,27)(H3,19,20,21)/t13-,15+/m1/s1. The number of esters is 1. The second kappa shape index (κ2) is 14.3. The van der Waals surface area contributed by atoms with Crippen LogP contribution in [0.25, 0.3) is 0 Å². The number of nitrogens with zero attached hydrogens (tertiary/aromatic N) is 2. The number of ketones is 1. The zero-order valence-corrected chi connectivity index (χ0v) is 17.9. The zero-order chi connectivity index (χ0) is 22.4. The molecule has 11 heteroatoms. The molecule has 0 aromatic heterocycles. The maximum atomic E-state index is 12.6. The van der Waals surface area contributed by atoms with Gasteiger partial charge in [0.1, 0.15) is 6.04 Å². The largest absolute Gasteiger partial charge is 0.468 e. The maximum absolute atomic E-state index is 12.6. The van der Waals surface area contributed by atoms with Gasteiger partial charge in [0.15, 0.2) is 11.7 Å². The number of hydrogen-bond acceptors (Lipinski definition) is 7. The van der Waals surface area contributed by atoms with Gasteiger partial charge >= 0.3 is 5.97 Å². The highest BCUT2D eigenvalue weighted by Gasteiger charge is 2.26. The number of ether oxygens (including phenoxy) is 1. The lowest BCUT2D eigenvalue weighted by molar-refractivity contribution is -0.146. The topological polar surface area (TPSA) is 155 Å². The lowest BCUT2D eigenvalue weighted by Crippen LogP contribution is -2.47. The Balaban J connectivity index is 4.89. The average Bonchev–Trinajstić information content (AvgIpc) is 2.67. The molecule has 0 bridgehead atoms. The van der Waals surface area contributed by atoms with Gasteiger partial charge in [0.25, 0.3) is 0 Å². The minimum absolute atomic E-state index is 0.0195. The molecule has 0 rings (SSSR count). The minimum atomic E-state index is -0.637. The van der Waals surface area contributed by atoms with Crippen LogP contribution in [0.1, 0.15) is 26.2 Å². The van der Waals surface area contributed by atoms with Gasteiger partial charge in [-0.3, -0.25) is 29.1 Å². The summed E-state index contributed by atoms with van der Waals surface area (Å²) in [4.78, 5) is 53.0. The third-order valence-electron chi connectivity index (χ3n) is 4.22. The van der Waals surface area contributed by atoms with Crippen LogP contribution in [-0.2, 0) is 23.9 Å². The van der Waals surface area contributed by atoms with Gasteiger partial charge in [0.2, 0.25) is 11.8 Å². The van der Waals surface area contributed by atoms with E-state index in [1.165, 1.54) is 14.0 Å². The van der Waals surface area contributed by atoms with Gasteiger partial charge < -0.3 is 26.4 Å². The molecule has 0 heterocycles. The van der Waals surface area contributed by atoms with E-state index in [0.29, 0.717) is 25.3 Å². The fourth-order valence-electron chi connectivity index (χ4n) is 2.49. The van der Waals surface area contributed by atoms with Crippen molar-refractivity contribution in [2.24, 2.45) is 16.6 Å². The molecule has 166 valence electrons. The van der Waals surface area contributed by atoms with Crippen LogP contribution in [0.15, 0.2) is 4.99 Å². The van der Waals surface area contributed by atoms with Crippen LogP contribution >= 0.6 is 0 Å². The molecule has 0 saturated carbocycles. The first-order valence-electron chi connectivity index (χ1n) is 9.36. The van der Waals surface area contributed by atoms with Crippen molar-refractivity contribution >= 4 is 29.5 Å². The van der Waals surface area contributed by atoms with E-state index in [9.17, 15) is 19.2 Å². The summed E-state index contributed by atoms with van der Waals surface area (Å²) in [5.74, 6) is -1.68. The predicted molar refractivity (Wildman–Crippen MR) is 109 cm³/mol. The van der Waals surface area contributed by atoms with Gasteiger partial charge in [0, 0.05) is 39.4 Å². The fraction of sp³-hybridized carbons (Fsp3) is 0.722. The molecule has 0 spiro atoms. The van der Waals surface area contributed by atoms with Crippen molar-refractivity contribution in [2.75, 3.05) is 47.9 Å². The average molecular weight is 415 g/mol. The second-order valence-corrected chi connectivity index (χ2v) is 6.78. The summed E-state index contributed by atoms with van der Waals surface area (Å²) in [6.07, 6.45) is 0.983. The van der Waals surface area contributed by atoms with Gasteiger partial charge in [0.05, 0.1) is 13.7 Å². The molecule has 11 nitrogen and oxygen atoms in total. The van der Waals surface area contributed by atoms with Crippen molar-refractivity contribution < 1.29 is 23.9 Å². The molecule has 29 heavy (non-hydrogen) atoms. The molecular weight excluding hydrogens is 380 g/mol. The number of guanidine groups is 1. The summed E-state index contributed by atoms with van der Waals surface area (Å²) in [6, 6.07) is -0.637. The van der Waals surface area contributed by atoms with E-state index < -0.39 is 17.9 Å². The molecule has 2 atom stereocenters. The molecule has 0 aliphatic rings. The summed E-state index contributed by atoms with van der Waals surface area (Å²) in [7, 11) is 6.24. The third kappa shape index (κ3) is 11.7. The Morgan fingerprint density at radius 1 is 1.14 bits per heavy atom. The number of methoxy groups -OCH3 is 1. The van der Waals surface area contributed by atoms with Crippen molar-refractivity contribution in [3.63, 3.8) is 0 Å². The summed E-state index contributed by atoms with van der Waals surface area (Å²) >= 11 is 0. The smallest absolute Gasteiger partial charge is 0.324 e. The number of nitrogens with two attached hydrogens (primary N) is 1. The normalized spacial score (nSPS) is 13.4. The SMILES string of the molecule is CN=C(N)NCCC[C@H](CC(=O)CNC(C)=O)C(=O)NC[C@@H](C(=O)OC)N(C)C. The summed E-state index contributed by atoms with van der Waals surface area (Å²) < 4.78 is 4.74. The minimum Gasteiger partial charge on any atom is -0.468 e. The highest BCUT2D eigenvalue weighted by molar-refractivity contribution is 5.90. The van der Waals surface area contributed by atoms with Gasteiger partial charge in [-0.15, -0.1) is 0 Å². The van der Waals surface area contributed by atoms with Crippen LogP contribution in [0.2, 0.25) is 0 Å². The summed E-state index contributed by atoms with van der Waals surface area (Å²) in [6.45, 7) is 1.74. The highest BCUT2D eigenvalue weighted by atomic mass is 16.5. The third-order valence-corrected chi connectivity index (χ3v) is 4.22. The van der Waals surface area contributed by atoms with Crippen LogP contribution in [-0.4, -0.2) is 88.4 Å². The Kier molecular flexibility index (Phi) is 13.0. The number of aliphatic imine (C=N–C) groups is 1.